The van der Waals surface area contributed by atoms with E-state index in [0.29, 0.717) is 11.5 Å². The van der Waals surface area contributed by atoms with Crippen LogP contribution in [0.15, 0.2) is 66.7 Å². The maximum Gasteiger partial charge on any atom is 0.264 e. The molecule has 0 spiro atoms. The summed E-state index contributed by atoms with van der Waals surface area (Å²) < 4.78 is 11.7. The predicted octanol–water partition coefficient (Wildman–Crippen LogP) is 5.11. The first-order valence-electron chi connectivity index (χ1n) is 9.39. The summed E-state index contributed by atoms with van der Waals surface area (Å²) in [5, 5.41) is 6.84. The van der Waals surface area contributed by atoms with E-state index in [1.165, 1.54) is 14.2 Å². The van der Waals surface area contributed by atoms with Gasteiger partial charge in [-0.3, -0.25) is 10.1 Å². The van der Waals surface area contributed by atoms with Gasteiger partial charge in [0.2, 0.25) is 0 Å². The number of thiocarbonyl (C=S) groups is 1. The number of fused-ring (bicyclic) bond motifs is 1. The fraction of sp³-hybridized carbons (Fsp3) is 0.0870. The van der Waals surface area contributed by atoms with Gasteiger partial charge in [0.15, 0.2) is 5.11 Å². The normalized spacial score (nSPS) is 10.5. The number of carbonyl (C=O) groups is 1. The summed E-state index contributed by atoms with van der Waals surface area (Å²) in [5.41, 5.74) is 2.86. The number of ether oxygens (including phenoxy) is 2. The summed E-state index contributed by atoms with van der Waals surface area (Å²) in [5.74, 6) is 0.369. The molecule has 1 amide bonds. The molecule has 0 fully saturated rings. The molecule has 0 aliphatic carbocycles. The van der Waals surface area contributed by atoms with Crippen molar-refractivity contribution in [1.29, 1.82) is 0 Å². The summed E-state index contributed by atoms with van der Waals surface area (Å²) in [6, 6.07) is 20.8. The third kappa shape index (κ3) is 4.35. The van der Waals surface area contributed by atoms with Crippen molar-refractivity contribution in [3.8, 4) is 22.1 Å². The van der Waals surface area contributed by atoms with Crippen LogP contribution in [0.3, 0.4) is 0 Å². The molecule has 0 bridgehead atoms. The van der Waals surface area contributed by atoms with E-state index >= 15 is 0 Å². The van der Waals surface area contributed by atoms with E-state index in [-0.39, 0.29) is 10.7 Å². The van der Waals surface area contributed by atoms with Crippen molar-refractivity contribution in [1.82, 2.24) is 10.3 Å². The average Bonchev–Trinajstić information content (AvgIpc) is 3.22. The minimum atomic E-state index is -0.427. The molecule has 0 saturated carbocycles. The molecule has 0 aliphatic heterocycles. The minimum absolute atomic E-state index is 0.159. The molecule has 0 aliphatic rings. The Morgan fingerprint density at radius 3 is 2.32 bits per heavy atom. The van der Waals surface area contributed by atoms with Crippen LogP contribution in [0, 0.1) is 0 Å². The van der Waals surface area contributed by atoms with Gasteiger partial charge in [0.25, 0.3) is 5.91 Å². The first-order chi connectivity index (χ1) is 15.1. The monoisotopic (exact) mass is 449 g/mol. The Morgan fingerprint density at radius 1 is 0.935 bits per heavy atom. The van der Waals surface area contributed by atoms with Crippen LogP contribution in [0.2, 0.25) is 0 Å². The molecule has 4 aromatic rings. The zero-order valence-corrected chi connectivity index (χ0v) is 18.5. The van der Waals surface area contributed by atoms with Crippen molar-refractivity contribution < 1.29 is 14.3 Å². The lowest BCUT2D eigenvalue weighted by Crippen LogP contribution is -2.34. The molecule has 0 unspecified atom stereocenters. The Morgan fingerprint density at radius 2 is 1.61 bits per heavy atom. The van der Waals surface area contributed by atoms with E-state index < -0.39 is 5.91 Å². The van der Waals surface area contributed by atoms with Crippen LogP contribution in [0.4, 0.5) is 5.69 Å². The van der Waals surface area contributed by atoms with Gasteiger partial charge in [-0.05, 0) is 48.6 Å². The topological polar surface area (TPSA) is 72.5 Å². The zero-order valence-electron chi connectivity index (χ0n) is 16.8. The number of rotatable bonds is 5. The third-order valence-corrected chi connectivity index (χ3v) is 5.86. The Hall–Kier alpha value is -3.49. The van der Waals surface area contributed by atoms with E-state index in [4.69, 9.17) is 26.7 Å². The Labute approximate surface area is 188 Å². The van der Waals surface area contributed by atoms with E-state index in [2.05, 4.69) is 10.6 Å². The predicted molar refractivity (Wildman–Crippen MR) is 128 cm³/mol. The number of carbonyl (C=O) groups excluding carboxylic acids is 1. The molecule has 0 atom stereocenters. The van der Waals surface area contributed by atoms with Crippen molar-refractivity contribution in [3.05, 3.63) is 72.3 Å². The van der Waals surface area contributed by atoms with Crippen LogP contribution in [0.1, 0.15) is 10.4 Å². The Balaban J connectivity index is 1.57. The van der Waals surface area contributed by atoms with E-state index in [1.54, 1.807) is 29.5 Å². The molecule has 2 N–H and O–H groups in total. The van der Waals surface area contributed by atoms with E-state index in [0.717, 1.165) is 26.5 Å². The summed E-state index contributed by atoms with van der Waals surface area (Å²) in [4.78, 5) is 17.6. The maximum atomic E-state index is 12.9. The highest BCUT2D eigenvalue weighted by Gasteiger charge is 2.19. The number of amides is 1. The first-order valence-corrected chi connectivity index (χ1v) is 10.6. The number of hydrogen-bond donors (Lipinski definition) is 2. The number of nitrogens with one attached hydrogen (secondary N) is 2. The molecular weight excluding hydrogens is 430 g/mol. The van der Waals surface area contributed by atoms with Crippen molar-refractivity contribution in [3.63, 3.8) is 0 Å². The molecule has 0 radical (unpaired) electrons. The minimum Gasteiger partial charge on any atom is -0.496 e. The fourth-order valence-electron chi connectivity index (χ4n) is 3.16. The van der Waals surface area contributed by atoms with Crippen molar-refractivity contribution >= 4 is 50.5 Å². The van der Waals surface area contributed by atoms with E-state index in [1.807, 2.05) is 48.5 Å². The van der Waals surface area contributed by atoms with Crippen LogP contribution >= 0.6 is 23.6 Å². The number of aromatic nitrogens is 1. The summed E-state index contributed by atoms with van der Waals surface area (Å²) in [6.45, 7) is 0. The van der Waals surface area contributed by atoms with Gasteiger partial charge in [-0.2, -0.15) is 0 Å². The van der Waals surface area contributed by atoms with Gasteiger partial charge < -0.3 is 14.8 Å². The lowest BCUT2D eigenvalue weighted by atomic mass is 10.1. The molecule has 1 heterocycles. The molecule has 0 saturated heterocycles. The number of hydrogen-bond acceptors (Lipinski definition) is 6. The van der Waals surface area contributed by atoms with Crippen LogP contribution in [0.5, 0.6) is 11.5 Å². The zero-order chi connectivity index (χ0) is 21.8. The smallest absolute Gasteiger partial charge is 0.264 e. The van der Waals surface area contributed by atoms with Crippen LogP contribution < -0.4 is 20.1 Å². The van der Waals surface area contributed by atoms with Crippen molar-refractivity contribution in [2.75, 3.05) is 19.5 Å². The molecule has 8 heteroatoms. The third-order valence-electron chi connectivity index (χ3n) is 4.58. The van der Waals surface area contributed by atoms with Gasteiger partial charge in [-0.25, -0.2) is 4.98 Å². The van der Waals surface area contributed by atoms with Gasteiger partial charge in [0, 0.05) is 5.56 Å². The fourth-order valence-corrected chi connectivity index (χ4v) is 4.37. The second kappa shape index (κ2) is 9.11. The molecule has 3 aromatic carbocycles. The summed E-state index contributed by atoms with van der Waals surface area (Å²) in [6.07, 6.45) is 0. The number of anilines is 1. The van der Waals surface area contributed by atoms with Crippen LogP contribution in [-0.2, 0) is 0 Å². The van der Waals surface area contributed by atoms with Crippen LogP contribution in [-0.4, -0.2) is 30.2 Å². The highest BCUT2D eigenvalue weighted by atomic mass is 32.1. The standard InChI is InChI=1S/C23H19N3O3S2/c1-28-17-11-7-12-18(29-2)20(17)21(27)26-23(30)25-15-9-4-3-8-14(15)22-24-16-10-5-6-13-19(16)31-22/h3-13H,1-2H3,(H2,25,26,27,30). The molecular formula is C23H19N3O3S2. The highest BCUT2D eigenvalue weighted by Crippen LogP contribution is 2.34. The van der Waals surface area contributed by atoms with Gasteiger partial charge in [0.1, 0.15) is 22.1 Å². The van der Waals surface area contributed by atoms with Gasteiger partial charge in [0.05, 0.1) is 30.1 Å². The lowest BCUT2D eigenvalue weighted by Gasteiger charge is -2.15. The molecule has 6 nitrogen and oxygen atoms in total. The first kappa shape index (κ1) is 20.8. The number of thiazole rings is 1. The molecule has 31 heavy (non-hydrogen) atoms. The highest BCUT2D eigenvalue weighted by molar-refractivity contribution is 7.80. The van der Waals surface area contributed by atoms with Crippen molar-refractivity contribution in [2.45, 2.75) is 0 Å². The quantitative estimate of drug-likeness (QED) is 0.413. The van der Waals surface area contributed by atoms with E-state index in [9.17, 15) is 4.79 Å². The van der Waals surface area contributed by atoms with Crippen LogP contribution in [0.25, 0.3) is 20.8 Å². The largest absolute Gasteiger partial charge is 0.496 e. The van der Waals surface area contributed by atoms with Gasteiger partial charge in [-0.15, -0.1) is 11.3 Å². The molecule has 4 rings (SSSR count). The summed E-state index contributed by atoms with van der Waals surface area (Å²) in [7, 11) is 2.99. The molecule has 156 valence electrons. The second-order valence-corrected chi connectivity index (χ2v) is 7.92. The van der Waals surface area contributed by atoms with Crippen molar-refractivity contribution in [2.24, 2.45) is 0 Å². The average molecular weight is 450 g/mol. The maximum absolute atomic E-state index is 12.9. The Bertz CT molecular complexity index is 1210. The number of methoxy groups -OCH3 is 2. The number of benzene rings is 3. The second-order valence-electron chi connectivity index (χ2n) is 6.48. The van der Waals surface area contributed by atoms with Gasteiger partial charge in [-0.1, -0.05) is 30.3 Å². The molecule has 1 aromatic heterocycles. The van der Waals surface area contributed by atoms with Gasteiger partial charge >= 0.3 is 0 Å². The number of nitrogens with zero attached hydrogens (tertiary/aromatic N) is 1. The Kier molecular flexibility index (Phi) is 6.11. The lowest BCUT2D eigenvalue weighted by molar-refractivity contribution is 0.0971. The SMILES string of the molecule is COc1cccc(OC)c1C(=O)NC(=S)Nc1ccccc1-c1nc2ccccc2s1. The summed E-state index contributed by atoms with van der Waals surface area (Å²) >= 11 is 7.00. The number of para-hydroxylation sites is 2.